The molecule has 0 aliphatic carbocycles. The van der Waals surface area contributed by atoms with E-state index in [0.717, 1.165) is 24.5 Å². The van der Waals surface area contributed by atoms with Gasteiger partial charge >= 0.3 is 0 Å². The van der Waals surface area contributed by atoms with E-state index < -0.39 is 5.66 Å². The van der Waals surface area contributed by atoms with Crippen LogP contribution in [0.5, 0.6) is 0 Å². The van der Waals surface area contributed by atoms with Gasteiger partial charge in [0.15, 0.2) is 0 Å². The molecule has 2 aromatic rings. The van der Waals surface area contributed by atoms with Gasteiger partial charge in [-0.1, -0.05) is 12.1 Å². The highest BCUT2D eigenvalue weighted by atomic mass is 16.2. The molecule has 1 atom stereocenters. The average molecular weight is 436 g/mol. The highest BCUT2D eigenvalue weighted by Gasteiger charge is 2.52. The number of carbonyl (C=O) groups excluding carboxylic acids is 3. The lowest BCUT2D eigenvalue weighted by Gasteiger charge is -2.48. The van der Waals surface area contributed by atoms with E-state index in [0.29, 0.717) is 50.0 Å². The van der Waals surface area contributed by atoms with E-state index >= 15 is 0 Å². The Bertz CT molecular complexity index is 1050. The van der Waals surface area contributed by atoms with Gasteiger partial charge in [0.2, 0.25) is 11.8 Å². The Labute approximate surface area is 187 Å². The molecular formula is C24H29N5O3. The van der Waals surface area contributed by atoms with Crippen molar-refractivity contribution in [2.75, 3.05) is 11.4 Å². The molecule has 0 spiro atoms. The van der Waals surface area contributed by atoms with Crippen LogP contribution < -0.4 is 10.2 Å². The molecule has 1 unspecified atom stereocenters. The minimum absolute atomic E-state index is 0.0398. The van der Waals surface area contributed by atoms with Crippen LogP contribution in [0.4, 0.5) is 5.69 Å². The zero-order valence-electron chi connectivity index (χ0n) is 18.5. The Kier molecular flexibility index (Phi) is 5.23. The van der Waals surface area contributed by atoms with Gasteiger partial charge in [-0.25, -0.2) is 4.98 Å². The number of fused-ring (bicyclic) bond motifs is 4. The molecule has 0 bridgehead atoms. The fraction of sp³-hybridized carbons (Fsp3) is 0.500. The second-order valence-corrected chi connectivity index (χ2v) is 9.10. The van der Waals surface area contributed by atoms with Crippen LogP contribution in [0.25, 0.3) is 0 Å². The van der Waals surface area contributed by atoms with Crippen molar-refractivity contribution in [2.45, 2.75) is 70.6 Å². The van der Waals surface area contributed by atoms with E-state index in [1.54, 1.807) is 15.9 Å². The monoisotopic (exact) mass is 435 g/mol. The van der Waals surface area contributed by atoms with Gasteiger partial charge in [0.25, 0.3) is 5.91 Å². The first-order chi connectivity index (χ1) is 15.5. The number of anilines is 1. The van der Waals surface area contributed by atoms with Crippen LogP contribution in [0, 0.1) is 0 Å². The number of aromatic nitrogens is 2. The first-order valence-electron chi connectivity index (χ1n) is 11.5. The molecule has 1 saturated heterocycles. The lowest BCUT2D eigenvalue weighted by Crippen LogP contribution is -2.62. The quantitative estimate of drug-likeness (QED) is 0.756. The SMILES string of the molecule is CC12CCC(=O)N1c1ccccc1C(=O)N2CCCC(=O)NCc1cn2c(n1)CCCC2. The fourth-order valence-corrected chi connectivity index (χ4v) is 5.27. The van der Waals surface area contributed by atoms with Crippen LogP contribution in [-0.2, 0) is 29.1 Å². The maximum absolute atomic E-state index is 13.2. The maximum Gasteiger partial charge on any atom is 0.257 e. The summed E-state index contributed by atoms with van der Waals surface area (Å²) in [6.07, 6.45) is 7.26. The smallest absolute Gasteiger partial charge is 0.257 e. The highest BCUT2D eigenvalue weighted by molar-refractivity contribution is 6.10. The minimum Gasteiger partial charge on any atom is -0.350 e. The predicted molar refractivity (Wildman–Crippen MR) is 119 cm³/mol. The molecule has 32 heavy (non-hydrogen) atoms. The second-order valence-electron chi connectivity index (χ2n) is 9.10. The maximum atomic E-state index is 13.2. The third kappa shape index (κ3) is 3.47. The number of carbonyl (C=O) groups is 3. The van der Waals surface area contributed by atoms with Gasteiger partial charge in [0, 0.05) is 38.5 Å². The first kappa shape index (κ1) is 20.7. The molecule has 0 saturated carbocycles. The van der Waals surface area contributed by atoms with Crippen molar-refractivity contribution < 1.29 is 14.4 Å². The summed E-state index contributed by atoms with van der Waals surface area (Å²) in [6, 6.07) is 7.29. The summed E-state index contributed by atoms with van der Waals surface area (Å²) in [7, 11) is 0. The zero-order valence-corrected chi connectivity index (χ0v) is 18.5. The van der Waals surface area contributed by atoms with E-state index in [1.165, 1.54) is 12.8 Å². The van der Waals surface area contributed by atoms with E-state index in [9.17, 15) is 14.4 Å². The molecule has 168 valence electrons. The van der Waals surface area contributed by atoms with E-state index in [1.807, 2.05) is 31.3 Å². The van der Waals surface area contributed by atoms with Crippen molar-refractivity contribution in [3.05, 3.63) is 47.5 Å². The number of nitrogens with one attached hydrogen (secondary N) is 1. The fourth-order valence-electron chi connectivity index (χ4n) is 5.27. The number of benzene rings is 1. The molecule has 8 nitrogen and oxygen atoms in total. The molecule has 5 rings (SSSR count). The number of aryl methyl sites for hydroxylation is 2. The third-order valence-corrected chi connectivity index (χ3v) is 6.96. The molecule has 0 radical (unpaired) electrons. The van der Waals surface area contributed by atoms with Crippen LogP contribution in [0.3, 0.4) is 0 Å². The lowest BCUT2D eigenvalue weighted by molar-refractivity contribution is -0.121. The van der Waals surface area contributed by atoms with Crippen molar-refractivity contribution in [1.82, 2.24) is 19.8 Å². The van der Waals surface area contributed by atoms with Crippen molar-refractivity contribution in [2.24, 2.45) is 0 Å². The third-order valence-electron chi connectivity index (χ3n) is 6.96. The van der Waals surface area contributed by atoms with Crippen LogP contribution in [-0.4, -0.2) is 44.4 Å². The molecule has 3 aliphatic heterocycles. The Hall–Kier alpha value is -3.16. The molecule has 3 amide bonds. The standard InChI is InChI=1S/C24H29N5O3/c1-24-12-11-22(31)29(24)19-8-3-2-7-18(19)23(32)28(24)14-6-10-21(30)25-15-17-16-27-13-5-4-9-20(27)26-17/h2-3,7-8,16H,4-6,9-15H2,1H3,(H,25,30). The van der Waals surface area contributed by atoms with Gasteiger partial charge < -0.3 is 14.8 Å². The minimum atomic E-state index is -0.672. The number of hydrogen-bond donors (Lipinski definition) is 1. The molecular weight excluding hydrogens is 406 g/mol. The van der Waals surface area contributed by atoms with Gasteiger partial charge in [-0.2, -0.15) is 0 Å². The molecule has 8 heteroatoms. The summed E-state index contributed by atoms with van der Waals surface area (Å²) < 4.78 is 2.18. The van der Waals surface area contributed by atoms with Gasteiger partial charge in [0.05, 0.1) is 23.5 Å². The molecule has 1 N–H and O–H groups in total. The van der Waals surface area contributed by atoms with Crippen LogP contribution in [0.2, 0.25) is 0 Å². The number of para-hydroxylation sites is 1. The Morgan fingerprint density at radius 1 is 1.19 bits per heavy atom. The average Bonchev–Trinajstić information content (AvgIpc) is 3.35. The summed E-state index contributed by atoms with van der Waals surface area (Å²) >= 11 is 0. The van der Waals surface area contributed by atoms with Gasteiger partial charge in [-0.05, 0) is 44.7 Å². The molecule has 4 heterocycles. The summed E-state index contributed by atoms with van der Waals surface area (Å²) in [5.41, 5.74) is 1.47. The summed E-state index contributed by atoms with van der Waals surface area (Å²) in [5, 5.41) is 2.95. The summed E-state index contributed by atoms with van der Waals surface area (Å²) in [5.74, 6) is 1.02. The molecule has 1 aromatic heterocycles. The largest absolute Gasteiger partial charge is 0.350 e. The zero-order chi connectivity index (χ0) is 22.3. The number of hydrogen-bond acceptors (Lipinski definition) is 4. The van der Waals surface area contributed by atoms with Crippen molar-refractivity contribution in [1.29, 1.82) is 0 Å². The Morgan fingerprint density at radius 2 is 2.03 bits per heavy atom. The predicted octanol–water partition coefficient (Wildman–Crippen LogP) is 2.61. The Morgan fingerprint density at radius 3 is 2.88 bits per heavy atom. The van der Waals surface area contributed by atoms with Crippen molar-refractivity contribution >= 4 is 23.4 Å². The van der Waals surface area contributed by atoms with E-state index in [-0.39, 0.29) is 17.7 Å². The van der Waals surface area contributed by atoms with Gasteiger partial charge in [-0.3, -0.25) is 19.3 Å². The van der Waals surface area contributed by atoms with Gasteiger partial charge in [0.1, 0.15) is 11.5 Å². The molecule has 1 fully saturated rings. The first-order valence-corrected chi connectivity index (χ1v) is 11.5. The van der Waals surface area contributed by atoms with E-state index in [4.69, 9.17) is 0 Å². The number of nitrogens with zero attached hydrogens (tertiary/aromatic N) is 4. The van der Waals surface area contributed by atoms with Crippen LogP contribution >= 0.6 is 0 Å². The molecule has 3 aliphatic rings. The number of imidazole rings is 1. The highest BCUT2D eigenvalue weighted by Crippen LogP contribution is 2.44. The molecule has 1 aromatic carbocycles. The Balaban J connectivity index is 1.20. The van der Waals surface area contributed by atoms with Crippen molar-refractivity contribution in [3.63, 3.8) is 0 Å². The van der Waals surface area contributed by atoms with E-state index in [2.05, 4.69) is 14.9 Å². The normalized spacial score (nSPS) is 21.9. The topological polar surface area (TPSA) is 87.5 Å². The summed E-state index contributed by atoms with van der Waals surface area (Å²) in [4.78, 5) is 46.4. The lowest BCUT2D eigenvalue weighted by atomic mass is 9.98. The number of amides is 3. The number of rotatable bonds is 6. The van der Waals surface area contributed by atoms with Crippen LogP contribution in [0.15, 0.2) is 30.5 Å². The summed E-state index contributed by atoms with van der Waals surface area (Å²) in [6.45, 7) is 3.81. The van der Waals surface area contributed by atoms with Crippen molar-refractivity contribution in [3.8, 4) is 0 Å². The van der Waals surface area contributed by atoms with Gasteiger partial charge in [-0.15, -0.1) is 0 Å². The van der Waals surface area contributed by atoms with Crippen LogP contribution in [0.1, 0.15) is 67.3 Å². The second kappa shape index (κ2) is 8.07.